The molecule has 0 aliphatic heterocycles. The highest BCUT2D eigenvalue weighted by atomic mass is 32.1. The van der Waals surface area contributed by atoms with Crippen LogP contribution in [0.1, 0.15) is 45.3 Å². The monoisotopic (exact) mass is 316 g/mol. The first-order chi connectivity index (χ1) is 10.5. The highest BCUT2D eigenvalue weighted by molar-refractivity contribution is 7.11. The largest absolute Gasteiger partial charge is 0.352 e. The van der Waals surface area contributed by atoms with Crippen LogP contribution in [0.2, 0.25) is 0 Å². The lowest BCUT2D eigenvalue weighted by atomic mass is 10.0. The van der Waals surface area contributed by atoms with Crippen LogP contribution in [-0.4, -0.2) is 17.4 Å². The van der Waals surface area contributed by atoms with Crippen molar-refractivity contribution in [2.24, 2.45) is 5.92 Å². The number of aryl methyl sites for hydroxylation is 2. The van der Waals surface area contributed by atoms with Crippen LogP contribution in [0.5, 0.6) is 0 Å². The van der Waals surface area contributed by atoms with Gasteiger partial charge in [-0.15, -0.1) is 11.3 Å². The third-order valence-electron chi connectivity index (χ3n) is 3.50. The predicted octanol–water partition coefficient (Wildman–Crippen LogP) is 3.93. The summed E-state index contributed by atoms with van der Waals surface area (Å²) in [6.07, 6.45) is 1.89. The molecular weight excluding hydrogens is 292 g/mol. The van der Waals surface area contributed by atoms with Gasteiger partial charge < -0.3 is 5.32 Å². The minimum absolute atomic E-state index is 0.00464. The highest BCUT2D eigenvalue weighted by Crippen LogP contribution is 2.17. The molecule has 0 atom stereocenters. The molecule has 0 spiro atoms. The third-order valence-corrected chi connectivity index (χ3v) is 4.63. The van der Waals surface area contributed by atoms with Crippen LogP contribution in [0.3, 0.4) is 0 Å². The van der Waals surface area contributed by atoms with Gasteiger partial charge >= 0.3 is 0 Å². The smallest absolute Gasteiger partial charge is 0.251 e. The van der Waals surface area contributed by atoms with Crippen LogP contribution in [0.4, 0.5) is 0 Å². The Morgan fingerprint density at radius 3 is 2.45 bits per heavy atom. The Hall–Kier alpha value is -1.68. The summed E-state index contributed by atoms with van der Waals surface area (Å²) in [5.41, 5.74) is 3.09. The second-order valence-electron chi connectivity index (χ2n) is 6.04. The average Bonchev–Trinajstić information content (AvgIpc) is 2.77. The maximum Gasteiger partial charge on any atom is 0.251 e. The minimum atomic E-state index is -0.00464. The zero-order chi connectivity index (χ0) is 16.1. The number of aromatic nitrogens is 1. The van der Waals surface area contributed by atoms with Crippen molar-refractivity contribution < 1.29 is 4.79 Å². The Kier molecular flexibility index (Phi) is 5.72. The maximum atomic E-state index is 12.1. The van der Waals surface area contributed by atoms with E-state index in [2.05, 4.69) is 24.1 Å². The van der Waals surface area contributed by atoms with Gasteiger partial charge in [-0.1, -0.05) is 26.0 Å². The Labute approximate surface area is 136 Å². The van der Waals surface area contributed by atoms with Gasteiger partial charge in [0.25, 0.3) is 5.91 Å². The van der Waals surface area contributed by atoms with E-state index < -0.39 is 0 Å². The van der Waals surface area contributed by atoms with Crippen molar-refractivity contribution >= 4 is 17.2 Å². The number of nitrogens with one attached hydrogen (secondary N) is 1. The topological polar surface area (TPSA) is 42.0 Å². The van der Waals surface area contributed by atoms with Gasteiger partial charge in [0.1, 0.15) is 0 Å². The van der Waals surface area contributed by atoms with Crippen molar-refractivity contribution in [2.45, 2.75) is 40.5 Å². The number of benzene rings is 1. The first kappa shape index (κ1) is 16.7. The molecule has 0 fully saturated rings. The SMILES string of the molecule is Cc1nc(C)c(CCNC(=O)c2ccc(CC(C)C)cc2)s1. The molecule has 0 bridgehead atoms. The van der Waals surface area contributed by atoms with E-state index in [-0.39, 0.29) is 5.91 Å². The normalized spacial score (nSPS) is 11.0. The fourth-order valence-electron chi connectivity index (χ4n) is 2.46. The zero-order valence-corrected chi connectivity index (χ0v) is 14.6. The number of thiazole rings is 1. The van der Waals surface area contributed by atoms with E-state index in [0.29, 0.717) is 12.5 Å². The summed E-state index contributed by atoms with van der Waals surface area (Å²) in [5.74, 6) is 0.626. The lowest BCUT2D eigenvalue weighted by molar-refractivity contribution is 0.0954. The molecule has 0 saturated heterocycles. The van der Waals surface area contributed by atoms with Crippen LogP contribution >= 0.6 is 11.3 Å². The molecule has 1 heterocycles. The van der Waals surface area contributed by atoms with E-state index in [1.807, 2.05) is 38.1 Å². The van der Waals surface area contributed by atoms with E-state index in [4.69, 9.17) is 0 Å². The Morgan fingerprint density at radius 1 is 1.23 bits per heavy atom. The molecule has 1 N–H and O–H groups in total. The zero-order valence-electron chi connectivity index (χ0n) is 13.8. The van der Waals surface area contributed by atoms with Gasteiger partial charge in [-0.2, -0.15) is 0 Å². The number of amides is 1. The molecule has 0 saturated carbocycles. The predicted molar refractivity (Wildman–Crippen MR) is 92.6 cm³/mol. The molecule has 4 heteroatoms. The molecule has 0 radical (unpaired) electrons. The molecule has 2 rings (SSSR count). The van der Waals surface area contributed by atoms with E-state index in [0.717, 1.165) is 29.1 Å². The van der Waals surface area contributed by atoms with Crippen molar-refractivity contribution in [1.29, 1.82) is 0 Å². The standard InChI is InChI=1S/C18H24N2OS/c1-12(2)11-15-5-7-16(8-6-15)18(21)19-10-9-17-13(3)20-14(4)22-17/h5-8,12H,9-11H2,1-4H3,(H,19,21). The molecule has 1 aromatic carbocycles. The molecule has 0 unspecified atom stereocenters. The van der Waals surface area contributed by atoms with Gasteiger partial charge in [-0.3, -0.25) is 4.79 Å². The molecule has 3 nitrogen and oxygen atoms in total. The van der Waals surface area contributed by atoms with Gasteiger partial charge in [0.05, 0.1) is 10.7 Å². The van der Waals surface area contributed by atoms with Crippen LogP contribution in [0.15, 0.2) is 24.3 Å². The third kappa shape index (κ3) is 4.67. The van der Waals surface area contributed by atoms with Crippen molar-refractivity contribution in [3.63, 3.8) is 0 Å². The van der Waals surface area contributed by atoms with Gasteiger partial charge in [0.15, 0.2) is 0 Å². The maximum absolute atomic E-state index is 12.1. The van der Waals surface area contributed by atoms with E-state index in [1.54, 1.807) is 11.3 Å². The molecule has 2 aromatic rings. The quantitative estimate of drug-likeness (QED) is 0.877. The lowest BCUT2D eigenvalue weighted by Crippen LogP contribution is -2.25. The van der Waals surface area contributed by atoms with Gasteiger partial charge in [-0.25, -0.2) is 4.98 Å². The van der Waals surface area contributed by atoms with Crippen molar-refractivity contribution in [2.75, 3.05) is 6.54 Å². The van der Waals surface area contributed by atoms with Gasteiger partial charge in [-0.05, 0) is 43.9 Å². The summed E-state index contributed by atoms with van der Waals surface area (Å²) >= 11 is 1.71. The average molecular weight is 316 g/mol. The summed E-state index contributed by atoms with van der Waals surface area (Å²) in [5, 5.41) is 4.07. The number of carbonyl (C=O) groups excluding carboxylic acids is 1. The van der Waals surface area contributed by atoms with Crippen LogP contribution in [0.25, 0.3) is 0 Å². The van der Waals surface area contributed by atoms with Crippen LogP contribution in [0, 0.1) is 19.8 Å². The molecule has 0 aliphatic carbocycles. The fraction of sp³-hybridized carbons (Fsp3) is 0.444. The molecule has 22 heavy (non-hydrogen) atoms. The second-order valence-corrected chi connectivity index (χ2v) is 7.33. The number of hydrogen-bond acceptors (Lipinski definition) is 3. The summed E-state index contributed by atoms with van der Waals surface area (Å²) in [6, 6.07) is 7.92. The fourth-order valence-corrected chi connectivity index (χ4v) is 3.40. The van der Waals surface area contributed by atoms with Crippen LogP contribution in [-0.2, 0) is 12.8 Å². The van der Waals surface area contributed by atoms with E-state index in [9.17, 15) is 4.79 Å². The number of nitrogens with zero attached hydrogens (tertiary/aromatic N) is 1. The first-order valence-corrected chi connectivity index (χ1v) is 8.57. The molecule has 118 valence electrons. The number of carbonyl (C=O) groups is 1. The Morgan fingerprint density at radius 2 is 1.91 bits per heavy atom. The van der Waals surface area contributed by atoms with E-state index >= 15 is 0 Å². The molecule has 1 amide bonds. The van der Waals surface area contributed by atoms with Gasteiger partial charge in [0, 0.05) is 23.4 Å². The van der Waals surface area contributed by atoms with Crippen molar-refractivity contribution in [1.82, 2.24) is 10.3 Å². The summed E-state index contributed by atoms with van der Waals surface area (Å²) in [7, 11) is 0. The Bertz CT molecular complexity index is 629. The first-order valence-electron chi connectivity index (χ1n) is 7.75. The van der Waals surface area contributed by atoms with E-state index in [1.165, 1.54) is 10.4 Å². The lowest BCUT2D eigenvalue weighted by Gasteiger charge is -2.07. The minimum Gasteiger partial charge on any atom is -0.352 e. The Balaban J connectivity index is 1.85. The second kappa shape index (κ2) is 7.54. The summed E-state index contributed by atoms with van der Waals surface area (Å²) < 4.78 is 0. The number of rotatable bonds is 6. The summed E-state index contributed by atoms with van der Waals surface area (Å²) in [4.78, 5) is 17.8. The van der Waals surface area contributed by atoms with Crippen molar-refractivity contribution in [3.8, 4) is 0 Å². The van der Waals surface area contributed by atoms with Gasteiger partial charge in [0.2, 0.25) is 0 Å². The molecule has 0 aliphatic rings. The highest BCUT2D eigenvalue weighted by Gasteiger charge is 2.08. The number of hydrogen-bond donors (Lipinski definition) is 1. The molecular formula is C18H24N2OS. The summed E-state index contributed by atoms with van der Waals surface area (Å²) in [6.45, 7) is 9.08. The molecule has 1 aromatic heterocycles. The van der Waals surface area contributed by atoms with Crippen LogP contribution < -0.4 is 5.32 Å². The van der Waals surface area contributed by atoms with Crippen molar-refractivity contribution in [3.05, 3.63) is 51.0 Å².